The summed E-state index contributed by atoms with van der Waals surface area (Å²) in [5, 5.41) is 22.3. The van der Waals surface area contributed by atoms with E-state index in [1.165, 1.54) is 0 Å². The summed E-state index contributed by atoms with van der Waals surface area (Å²) >= 11 is 1.63. The lowest BCUT2D eigenvalue weighted by molar-refractivity contribution is 0.173. The number of thioether (sulfide) groups is 1. The van der Waals surface area contributed by atoms with Crippen molar-refractivity contribution < 1.29 is 14.6 Å². The van der Waals surface area contributed by atoms with Crippen LogP contribution >= 0.6 is 11.8 Å². The number of hydrogen-bond acceptors (Lipinski definition) is 6. The smallest absolute Gasteiger partial charge is 0.231 e. The molecule has 2 N–H and O–H groups in total. The summed E-state index contributed by atoms with van der Waals surface area (Å²) in [5.41, 5.74) is 1.74. The zero-order valence-corrected chi connectivity index (χ0v) is 13.9. The fraction of sp³-hybridized carbons (Fsp3) is 0.278. The Balaban J connectivity index is 1.62. The second kappa shape index (κ2) is 7.95. The molecule has 0 radical (unpaired) electrons. The van der Waals surface area contributed by atoms with Gasteiger partial charge in [-0.2, -0.15) is 5.26 Å². The molecular weight excluding hydrogens is 324 g/mol. The van der Waals surface area contributed by atoms with E-state index in [4.69, 9.17) is 14.7 Å². The molecule has 0 bridgehead atoms. The van der Waals surface area contributed by atoms with Crippen LogP contribution in [0.3, 0.4) is 0 Å². The van der Waals surface area contributed by atoms with E-state index < -0.39 is 6.10 Å². The normalized spacial score (nSPS) is 13.3. The van der Waals surface area contributed by atoms with Gasteiger partial charge in [-0.1, -0.05) is 18.2 Å². The molecule has 0 spiro atoms. The average Bonchev–Trinajstić information content (AvgIpc) is 3.08. The highest BCUT2D eigenvalue weighted by molar-refractivity contribution is 7.99. The van der Waals surface area contributed by atoms with Gasteiger partial charge in [-0.05, 0) is 29.8 Å². The maximum Gasteiger partial charge on any atom is 0.231 e. The van der Waals surface area contributed by atoms with Crippen molar-refractivity contribution in [3.8, 4) is 17.6 Å². The van der Waals surface area contributed by atoms with Crippen molar-refractivity contribution in [2.45, 2.75) is 17.4 Å². The largest absolute Gasteiger partial charge is 0.454 e. The van der Waals surface area contributed by atoms with Crippen LogP contribution in [0.15, 0.2) is 47.4 Å². The quantitative estimate of drug-likeness (QED) is 0.592. The van der Waals surface area contributed by atoms with Crippen molar-refractivity contribution in [2.75, 3.05) is 24.4 Å². The minimum atomic E-state index is -0.656. The first-order valence-corrected chi connectivity index (χ1v) is 8.67. The molecule has 0 fully saturated rings. The van der Waals surface area contributed by atoms with Crippen LogP contribution < -0.4 is 14.8 Å². The predicted molar refractivity (Wildman–Crippen MR) is 93.4 cm³/mol. The number of benzene rings is 2. The van der Waals surface area contributed by atoms with Gasteiger partial charge >= 0.3 is 0 Å². The lowest BCUT2D eigenvalue weighted by atomic mass is 10.1. The Morgan fingerprint density at radius 3 is 2.92 bits per heavy atom. The minimum Gasteiger partial charge on any atom is -0.454 e. The van der Waals surface area contributed by atoms with Gasteiger partial charge in [-0.25, -0.2) is 0 Å². The van der Waals surface area contributed by atoms with E-state index in [-0.39, 0.29) is 6.79 Å². The number of nitrogens with one attached hydrogen (secondary N) is 1. The summed E-state index contributed by atoms with van der Waals surface area (Å²) in [4.78, 5) is 1.07. The molecule has 24 heavy (non-hydrogen) atoms. The molecule has 1 unspecified atom stereocenters. The van der Waals surface area contributed by atoms with E-state index in [1.54, 1.807) is 11.8 Å². The third-order valence-electron chi connectivity index (χ3n) is 3.63. The second-order valence-electron chi connectivity index (χ2n) is 5.26. The third-order valence-corrected chi connectivity index (χ3v) is 4.70. The molecule has 2 aromatic rings. The van der Waals surface area contributed by atoms with Crippen LogP contribution in [0, 0.1) is 11.3 Å². The minimum absolute atomic E-state index is 0.223. The monoisotopic (exact) mass is 342 g/mol. The molecule has 1 atom stereocenters. The van der Waals surface area contributed by atoms with Crippen molar-refractivity contribution in [3.63, 3.8) is 0 Å². The molecule has 3 rings (SSSR count). The van der Waals surface area contributed by atoms with Crippen molar-refractivity contribution >= 4 is 17.4 Å². The van der Waals surface area contributed by atoms with Crippen LogP contribution in [0.1, 0.15) is 18.1 Å². The molecular formula is C18H18N2O3S. The maximum absolute atomic E-state index is 10.4. The van der Waals surface area contributed by atoms with Crippen molar-refractivity contribution in [1.29, 1.82) is 5.26 Å². The fourth-order valence-electron chi connectivity index (χ4n) is 2.39. The predicted octanol–water partition coefficient (Wildman–Crippen LogP) is 3.57. The van der Waals surface area contributed by atoms with E-state index in [9.17, 15) is 5.11 Å². The number of ether oxygens (including phenoxy) is 2. The van der Waals surface area contributed by atoms with E-state index in [0.717, 1.165) is 21.9 Å². The zero-order chi connectivity index (χ0) is 16.8. The van der Waals surface area contributed by atoms with Gasteiger partial charge in [0.2, 0.25) is 6.79 Å². The molecule has 1 heterocycles. The summed E-state index contributed by atoms with van der Waals surface area (Å²) in [6.45, 7) is 0.607. The molecule has 1 aliphatic heterocycles. The molecule has 1 aliphatic rings. The highest BCUT2D eigenvalue weighted by Crippen LogP contribution is 2.34. The number of fused-ring (bicyclic) bond motifs is 1. The van der Waals surface area contributed by atoms with E-state index in [0.29, 0.717) is 24.5 Å². The number of rotatable bonds is 7. The van der Waals surface area contributed by atoms with Gasteiger partial charge in [0.15, 0.2) is 11.5 Å². The number of hydrogen-bond donors (Lipinski definition) is 2. The fourth-order valence-corrected chi connectivity index (χ4v) is 3.27. The molecule has 2 aromatic carbocycles. The Bertz CT molecular complexity index is 745. The summed E-state index contributed by atoms with van der Waals surface area (Å²) in [5.74, 6) is 2.12. The highest BCUT2D eigenvalue weighted by Gasteiger charge is 2.16. The van der Waals surface area contributed by atoms with Crippen LogP contribution in [-0.4, -0.2) is 24.2 Å². The third kappa shape index (κ3) is 3.94. The number of nitrogens with zero attached hydrogens (tertiary/aromatic N) is 1. The van der Waals surface area contributed by atoms with Gasteiger partial charge in [0, 0.05) is 29.3 Å². The van der Waals surface area contributed by atoms with Gasteiger partial charge in [-0.15, -0.1) is 11.8 Å². The number of aliphatic hydroxyl groups is 1. The molecule has 0 amide bonds. The van der Waals surface area contributed by atoms with Crippen molar-refractivity contribution in [1.82, 2.24) is 0 Å². The van der Waals surface area contributed by atoms with E-state index >= 15 is 0 Å². The van der Waals surface area contributed by atoms with Crippen LogP contribution in [0.25, 0.3) is 0 Å². The number of anilines is 1. The van der Waals surface area contributed by atoms with Gasteiger partial charge in [0.1, 0.15) is 0 Å². The lowest BCUT2D eigenvalue weighted by Crippen LogP contribution is -2.12. The van der Waals surface area contributed by atoms with Crippen molar-refractivity contribution in [2.24, 2.45) is 0 Å². The maximum atomic E-state index is 10.4. The molecule has 6 heteroatoms. The standard InChI is InChI=1S/C18H18N2O3S/c19-8-3-9-24-18-5-2-1-4-14(18)20-11-15(21)13-6-7-16-17(10-13)23-12-22-16/h1-2,4-7,10,15,20-21H,3,9,11-12H2. The Morgan fingerprint density at radius 1 is 1.21 bits per heavy atom. The molecule has 5 nitrogen and oxygen atoms in total. The number of aliphatic hydroxyl groups excluding tert-OH is 1. The lowest BCUT2D eigenvalue weighted by Gasteiger charge is -2.16. The van der Waals surface area contributed by atoms with Crippen LogP contribution in [0.4, 0.5) is 5.69 Å². The molecule has 0 saturated heterocycles. The summed E-state index contributed by atoms with van der Waals surface area (Å²) < 4.78 is 10.6. The van der Waals surface area contributed by atoms with Gasteiger partial charge < -0.3 is 19.9 Å². The molecule has 0 saturated carbocycles. The molecule has 0 aromatic heterocycles. The first-order valence-electron chi connectivity index (χ1n) is 7.68. The van der Waals surface area contributed by atoms with Crippen LogP contribution in [0.5, 0.6) is 11.5 Å². The Labute approximate surface area is 145 Å². The summed E-state index contributed by atoms with van der Waals surface area (Å²) in [6, 6.07) is 15.5. The first-order chi connectivity index (χ1) is 11.8. The molecule has 124 valence electrons. The first kappa shape index (κ1) is 16.5. The van der Waals surface area contributed by atoms with E-state index in [2.05, 4.69) is 11.4 Å². The zero-order valence-electron chi connectivity index (χ0n) is 13.1. The summed E-state index contributed by atoms with van der Waals surface area (Å²) in [7, 11) is 0. The van der Waals surface area contributed by atoms with Gasteiger partial charge in [-0.3, -0.25) is 0 Å². The number of nitriles is 1. The Morgan fingerprint density at radius 2 is 2.04 bits per heavy atom. The Hall–Kier alpha value is -2.36. The second-order valence-corrected chi connectivity index (χ2v) is 6.40. The average molecular weight is 342 g/mol. The summed E-state index contributed by atoms with van der Waals surface area (Å²) in [6.07, 6.45) is -0.143. The van der Waals surface area contributed by atoms with Crippen LogP contribution in [-0.2, 0) is 0 Å². The van der Waals surface area contributed by atoms with Gasteiger partial charge in [0.25, 0.3) is 0 Å². The van der Waals surface area contributed by atoms with E-state index in [1.807, 2.05) is 42.5 Å². The molecule has 0 aliphatic carbocycles. The highest BCUT2D eigenvalue weighted by atomic mass is 32.2. The van der Waals surface area contributed by atoms with Crippen molar-refractivity contribution in [3.05, 3.63) is 48.0 Å². The topological polar surface area (TPSA) is 74.5 Å². The Kier molecular flexibility index (Phi) is 5.47. The number of para-hydroxylation sites is 1. The van der Waals surface area contributed by atoms with Gasteiger partial charge in [0.05, 0.1) is 12.2 Å². The van der Waals surface area contributed by atoms with Crippen LogP contribution in [0.2, 0.25) is 0 Å². The SMILES string of the molecule is N#CCCSc1ccccc1NCC(O)c1ccc2c(c1)OCO2.